The number of anilines is 4. The van der Waals surface area contributed by atoms with E-state index in [9.17, 15) is 14.7 Å². The highest BCUT2D eigenvalue weighted by Gasteiger charge is 2.35. The lowest BCUT2D eigenvalue weighted by Crippen LogP contribution is -2.41. The van der Waals surface area contributed by atoms with Gasteiger partial charge in [-0.15, -0.1) is 0 Å². The number of primary amides is 1. The zero-order valence-corrected chi connectivity index (χ0v) is 16.6. The van der Waals surface area contributed by atoms with Crippen molar-refractivity contribution in [1.82, 2.24) is 15.3 Å². The number of carbonyl (C=O) groups is 2. The number of nitrogens with two attached hydrogens (primary N) is 1. The first-order valence-electron chi connectivity index (χ1n) is 9.91. The zero-order valence-electron chi connectivity index (χ0n) is 16.6. The summed E-state index contributed by atoms with van der Waals surface area (Å²) in [6, 6.07) is 7.36. The number of aromatic nitrogens is 2. The summed E-state index contributed by atoms with van der Waals surface area (Å²) in [6.07, 6.45) is 3.34. The molecule has 1 saturated heterocycles. The fraction of sp³-hybridized carbons (Fsp3) is 0.400. The minimum Gasteiger partial charge on any atom is -0.391 e. The van der Waals surface area contributed by atoms with E-state index in [0.717, 1.165) is 24.2 Å². The highest BCUT2D eigenvalue weighted by molar-refractivity contribution is 5.97. The Bertz CT molecular complexity index is 946. The van der Waals surface area contributed by atoms with Crippen molar-refractivity contribution in [2.45, 2.75) is 37.5 Å². The Balaban J connectivity index is 1.49. The highest BCUT2D eigenvalue weighted by atomic mass is 16.3. The number of rotatable bonds is 7. The molecule has 2 aliphatic rings. The fourth-order valence-corrected chi connectivity index (χ4v) is 3.53. The van der Waals surface area contributed by atoms with E-state index in [4.69, 9.17) is 5.73 Å². The first-order valence-corrected chi connectivity index (χ1v) is 9.91. The molecule has 1 saturated carbocycles. The predicted octanol–water partition coefficient (Wildman–Crippen LogP) is 0.579. The molecule has 6 N–H and O–H groups in total. The summed E-state index contributed by atoms with van der Waals surface area (Å²) < 4.78 is 0. The summed E-state index contributed by atoms with van der Waals surface area (Å²) in [6.45, 7) is 0.402. The summed E-state index contributed by atoms with van der Waals surface area (Å²) >= 11 is 0. The molecule has 10 heteroatoms. The number of aliphatic hydroxyl groups is 1. The topological polar surface area (TPSA) is 146 Å². The molecule has 1 aromatic heterocycles. The van der Waals surface area contributed by atoms with Crippen molar-refractivity contribution in [3.8, 4) is 0 Å². The lowest BCUT2D eigenvalue weighted by molar-refractivity contribution is -0.121. The Hall–Kier alpha value is -3.40. The quantitative estimate of drug-likeness (QED) is 0.445. The first kappa shape index (κ1) is 19.9. The molecule has 0 spiro atoms. The third kappa shape index (κ3) is 4.28. The van der Waals surface area contributed by atoms with Gasteiger partial charge in [0.15, 0.2) is 0 Å². The van der Waals surface area contributed by atoms with E-state index >= 15 is 0 Å². The van der Waals surface area contributed by atoms with Crippen molar-refractivity contribution in [1.29, 1.82) is 0 Å². The molecular weight excluding hydrogens is 386 g/mol. The largest absolute Gasteiger partial charge is 0.391 e. The molecule has 0 radical (unpaired) electrons. The number of likely N-dealkylation sites (N-methyl/N-ethyl adjacent to an activating group) is 1. The SMILES string of the molecule is CNC(=O)C1CC(O)CN1c1ccc(Nc2ncc(C(N)=O)c(NC3CC3)n2)cc1. The molecule has 2 fully saturated rings. The minimum absolute atomic E-state index is 0.118. The molecule has 2 unspecified atom stereocenters. The smallest absolute Gasteiger partial charge is 0.254 e. The molecule has 1 aromatic carbocycles. The van der Waals surface area contributed by atoms with Crippen molar-refractivity contribution in [2.75, 3.05) is 29.1 Å². The van der Waals surface area contributed by atoms with Gasteiger partial charge in [-0.1, -0.05) is 0 Å². The lowest BCUT2D eigenvalue weighted by atomic mass is 10.1. The molecule has 10 nitrogen and oxygen atoms in total. The Morgan fingerprint density at radius 3 is 2.60 bits per heavy atom. The van der Waals surface area contributed by atoms with E-state index < -0.39 is 18.1 Å². The average Bonchev–Trinajstić information content (AvgIpc) is 3.46. The lowest BCUT2D eigenvalue weighted by Gasteiger charge is -2.25. The van der Waals surface area contributed by atoms with Crippen molar-refractivity contribution >= 4 is 35.0 Å². The second kappa shape index (κ2) is 8.15. The van der Waals surface area contributed by atoms with Gasteiger partial charge >= 0.3 is 0 Å². The number of aliphatic hydroxyl groups excluding tert-OH is 1. The Labute approximate surface area is 173 Å². The van der Waals surface area contributed by atoms with E-state index in [-0.39, 0.29) is 11.5 Å². The van der Waals surface area contributed by atoms with Gasteiger partial charge in [0.1, 0.15) is 11.9 Å². The van der Waals surface area contributed by atoms with Gasteiger partial charge < -0.3 is 31.7 Å². The van der Waals surface area contributed by atoms with Crippen LogP contribution in [0.4, 0.5) is 23.1 Å². The molecule has 0 bridgehead atoms. The van der Waals surface area contributed by atoms with Crippen LogP contribution in [0.15, 0.2) is 30.5 Å². The standard InChI is InChI=1S/C20H25N7O3/c1-22-19(30)16-8-14(28)10-27(16)13-6-4-12(5-7-13)25-20-23-9-15(17(21)29)18(26-20)24-11-2-3-11/h4-7,9,11,14,16,28H,2-3,8,10H2,1H3,(H2,21,29)(H,22,30)(H2,23,24,25,26). The third-order valence-electron chi connectivity index (χ3n) is 5.26. The molecule has 1 aliphatic heterocycles. The molecule has 2 aromatic rings. The predicted molar refractivity (Wildman–Crippen MR) is 113 cm³/mol. The van der Waals surface area contributed by atoms with E-state index in [0.29, 0.717) is 30.8 Å². The van der Waals surface area contributed by atoms with Crippen molar-refractivity contribution < 1.29 is 14.7 Å². The van der Waals surface area contributed by atoms with E-state index in [1.807, 2.05) is 29.2 Å². The number of amides is 2. The van der Waals surface area contributed by atoms with E-state index in [1.165, 1.54) is 6.20 Å². The van der Waals surface area contributed by atoms with Crippen LogP contribution in [0.25, 0.3) is 0 Å². The summed E-state index contributed by atoms with van der Waals surface area (Å²) in [7, 11) is 1.59. The van der Waals surface area contributed by atoms with Gasteiger partial charge in [-0.3, -0.25) is 9.59 Å². The number of benzene rings is 1. The second-order valence-electron chi connectivity index (χ2n) is 7.58. The molecule has 1 aliphatic carbocycles. The number of carbonyl (C=O) groups excluding carboxylic acids is 2. The van der Waals surface area contributed by atoms with E-state index in [1.54, 1.807) is 7.05 Å². The number of β-amino-alcohol motifs (C(OH)–C–C–N with tert-alkyl or cyclic N) is 1. The first-order chi connectivity index (χ1) is 14.4. The second-order valence-corrected chi connectivity index (χ2v) is 7.58. The summed E-state index contributed by atoms with van der Waals surface area (Å²) in [5.74, 6) is 0.0780. The van der Waals surface area contributed by atoms with Crippen molar-refractivity contribution in [3.63, 3.8) is 0 Å². The van der Waals surface area contributed by atoms with Crippen LogP contribution >= 0.6 is 0 Å². The number of nitrogens with zero attached hydrogens (tertiary/aromatic N) is 3. The molecule has 2 amide bonds. The zero-order chi connectivity index (χ0) is 21.3. The van der Waals surface area contributed by atoms with Crippen molar-refractivity contribution in [2.24, 2.45) is 5.73 Å². The maximum atomic E-state index is 12.1. The van der Waals surface area contributed by atoms with Gasteiger partial charge in [-0.05, 0) is 37.1 Å². The summed E-state index contributed by atoms with van der Waals surface area (Å²) in [5.41, 5.74) is 7.26. The summed E-state index contributed by atoms with van der Waals surface area (Å²) in [4.78, 5) is 34.2. The maximum Gasteiger partial charge on any atom is 0.254 e. The van der Waals surface area contributed by atoms with Crippen LogP contribution in [0.3, 0.4) is 0 Å². The Morgan fingerprint density at radius 2 is 1.97 bits per heavy atom. The molecule has 2 atom stereocenters. The summed E-state index contributed by atoms with van der Waals surface area (Å²) in [5, 5.41) is 19.0. The van der Waals surface area contributed by atoms with Crippen LogP contribution in [-0.4, -0.2) is 58.7 Å². The number of nitrogens with one attached hydrogen (secondary N) is 3. The van der Waals surface area contributed by atoms with E-state index in [2.05, 4.69) is 25.9 Å². The minimum atomic E-state index is -0.576. The van der Waals surface area contributed by atoms with Gasteiger partial charge in [0.05, 0.1) is 11.7 Å². The molecule has 158 valence electrons. The van der Waals surface area contributed by atoms with Gasteiger partial charge in [0.2, 0.25) is 11.9 Å². The van der Waals surface area contributed by atoms with Crippen LogP contribution in [0.5, 0.6) is 0 Å². The Morgan fingerprint density at radius 1 is 1.23 bits per heavy atom. The van der Waals surface area contributed by atoms with Crippen LogP contribution in [0.2, 0.25) is 0 Å². The normalized spacial score (nSPS) is 20.7. The van der Waals surface area contributed by atoms with Crippen LogP contribution < -0.4 is 26.6 Å². The number of hydrogen-bond donors (Lipinski definition) is 5. The molecule has 30 heavy (non-hydrogen) atoms. The Kier molecular flexibility index (Phi) is 5.40. The van der Waals surface area contributed by atoms with Crippen molar-refractivity contribution in [3.05, 3.63) is 36.0 Å². The average molecular weight is 411 g/mol. The van der Waals surface area contributed by atoms with Gasteiger partial charge in [0, 0.05) is 43.6 Å². The third-order valence-corrected chi connectivity index (χ3v) is 5.26. The molecule has 2 heterocycles. The van der Waals surface area contributed by atoms with Crippen LogP contribution in [0.1, 0.15) is 29.6 Å². The van der Waals surface area contributed by atoms with Gasteiger partial charge in [0.25, 0.3) is 5.91 Å². The van der Waals surface area contributed by atoms with Gasteiger partial charge in [-0.2, -0.15) is 4.98 Å². The molecular formula is C20H25N7O3. The monoisotopic (exact) mass is 411 g/mol. The fourth-order valence-electron chi connectivity index (χ4n) is 3.53. The van der Waals surface area contributed by atoms with Crippen LogP contribution in [0, 0.1) is 0 Å². The van der Waals surface area contributed by atoms with Gasteiger partial charge in [-0.25, -0.2) is 4.98 Å². The molecule has 4 rings (SSSR count). The number of hydrogen-bond acceptors (Lipinski definition) is 8. The maximum absolute atomic E-state index is 12.1. The van der Waals surface area contributed by atoms with Crippen LogP contribution in [-0.2, 0) is 4.79 Å². The highest BCUT2D eigenvalue weighted by Crippen LogP contribution is 2.29.